The van der Waals surface area contributed by atoms with Crippen LogP contribution in [-0.4, -0.2) is 14.2 Å². The van der Waals surface area contributed by atoms with Crippen molar-refractivity contribution in [1.29, 1.82) is 0 Å². The number of benzene rings is 5. The summed E-state index contributed by atoms with van der Waals surface area (Å²) in [5.41, 5.74) is 10.3. The second-order valence-electron chi connectivity index (χ2n) is 12.1. The summed E-state index contributed by atoms with van der Waals surface area (Å²) in [4.78, 5) is 0. The van der Waals surface area contributed by atoms with Crippen molar-refractivity contribution < 1.29 is 14.2 Å². The lowest BCUT2D eigenvalue weighted by Gasteiger charge is -2.34. The number of hydrogen-bond donors (Lipinski definition) is 0. The molecule has 5 aromatic rings. The molecule has 44 heavy (non-hydrogen) atoms. The molecule has 218 valence electrons. The van der Waals surface area contributed by atoms with Gasteiger partial charge in [-0.3, -0.25) is 0 Å². The molecular weight excluding hydrogens is 540 g/mol. The topological polar surface area (TPSA) is 27.7 Å². The summed E-state index contributed by atoms with van der Waals surface area (Å²) in [6.45, 7) is 0. The number of ether oxygens (including phenoxy) is 3. The number of hydrogen-bond acceptors (Lipinski definition) is 3. The lowest BCUT2D eigenvalue weighted by atomic mass is 9.65. The van der Waals surface area contributed by atoms with E-state index >= 15 is 0 Å². The fourth-order valence-corrected chi connectivity index (χ4v) is 7.99. The molecular formula is C41H36O3. The highest BCUT2D eigenvalue weighted by Gasteiger charge is 2.65. The van der Waals surface area contributed by atoms with Crippen LogP contribution in [0.2, 0.25) is 0 Å². The zero-order chi connectivity index (χ0) is 29.7. The van der Waals surface area contributed by atoms with Gasteiger partial charge in [0, 0.05) is 11.1 Å². The van der Waals surface area contributed by atoms with Crippen molar-refractivity contribution in [2.45, 2.75) is 43.3 Å². The molecule has 1 aliphatic carbocycles. The van der Waals surface area contributed by atoms with E-state index in [1.54, 1.807) is 14.2 Å². The van der Waals surface area contributed by atoms with Gasteiger partial charge in [0.1, 0.15) is 22.7 Å². The van der Waals surface area contributed by atoms with Gasteiger partial charge in [0.15, 0.2) is 0 Å². The Morgan fingerprint density at radius 2 is 0.932 bits per heavy atom. The van der Waals surface area contributed by atoms with E-state index in [9.17, 15) is 0 Å². The van der Waals surface area contributed by atoms with Crippen LogP contribution in [0.5, 0.6) is 11.5 Å². The zero-order valence-electron chi connectivity index (χ0n) is 25.3. The molecule has 3 heteroatoms. The first-order valence-electron chi connectivity index (χ1n) is 15.7. The molecule has 5 aromatic carbocycles. The molecule has 0 radical (unpaired) electrons. The maximum Gasteiger partial charge on any atom is 0.147 e. The van der Waals surface area contributed by atoms with Gasteiger partial charge in [-0.05, 0) is 94.5 Å². The average molecular weight is 577 g/mol. The van der Waals surface area contributed by atoms with Crippen LogP contribution in [0.25, 0.3) is 11.1 Å². The fourth-order valence-electron chi connectivity index (χ4n) is 7.99. The minimum absolute atomic E-state index is 0.810. The lowest BCUT2D eigenvalue weighted by molar-refractivity contribution is -0.0155. The van der Waals surface area contributed by atoms with Crippen molar-refractivity contribution in [2.24, 2.45) is 0 Å². The van der Waals surface area contributed by atoms with E-state index in [2.05, 4.69) is 121 Å². The van der Waals surface area contributed by atoms with E-state index in [1.807, 2.05) is 0 Å². The second-order valence-corrected chi connectivity index (χ2v) is 12.1. The van der Waals surface area contributed by atoms with Gasteiger partial charge < -0.3 is 14.2 Å². The lowest BCUT2D eigenvalue weighted by Crippen LogP contribution is -2.28. The van der Waals surface area contributed by atoms with Crippen molar-refractivity contribution in [1.82, 2.24) is 0 Å². The SMILES string of the molecule is COc1ccc2cc1CCCCCc1cc(ccc1OC)C1=C2C2(c3ccccc3)OC1(c1ccccc1)c1ccccc12. The minimum atomic E-state index is -0.810. The Balaban J connectivity index is 1.56. The summed E-state index contributed by atoms with van der Waals surface area (Å²) < 4.78 is 19.6. The van der Waals surface area contributed by atoms with Crippen molar-refractivity contribution in [3.63, 3.8) is 0 Å². The third kappa shape index (κ3) is 3.79. The van der Waals surface area contributed by atoms with Gasteiger partial charge in [0.05, 0.1) is 14.2 Å². The summed E-state index contributed by atoms with van der Waals surface area (Å²) in [5.74, 6) is 1.90. The molecule has 0 N–H and O–H groups in total. The fraction of sp³-hybridized carbons (Fsp3) is 0.220. The standard InChI is InChI=1S/C41H36O3/c1-42-36-24-22-30-26-28(36)14-6-3-7-15-29-27-31(23-25-37(29)43-2)39-38(30)40(32-16-8-4-9-17-32)34-20-12-13-21-35(34)41(39,44-40)33-18-10-5-11-19-33/h4-5,8-13,16-27H,3,6-7,14-15H2,1-2H3. The maximum absolute atomic E-state index is 7.79. The molecule has 6 bridgehead atoms. The molecule has 0 fully saturated rings. The Bertz CT molecular complexity index is 1750. The zero-order valence-corrected chi connectivity index (χ0v) is 25.3. The van der Waals surface area contributed by atoms with Crippen molar-refractivity contribution in [3.05, 3.63) is 166 Å². The van der Waals surface area contributed by atoms with E-state index in [0.717, 1.165) is 54.7 Å². The molecule has 3 aliphatic rings. The van der Waals surface area contributed by atoms with Crippen molar-refractivity contribution in [2.75, 3.05) is 14.2 Å². The van der Waals surface area contributed by atoms with E-state index in [1.165, 1.54) is 44.5 Å². The van der Waals surface area contributed by atoms with Gasteiger partial charge in [0.25, 0.3) is 0 Å². The first-order chi connectivity index (χ1) is 21.7. The molecule has 2 atom stereocenters. The Kier molecular flexibility index (Phi) is 6.46. The molecule has 8 rings (SSSR count). The van der Waals surface area contributed by atoms with E-state index in [-0.39, 0.29) is 0 Å². The van der Waals surface area contributed by atoms with Crippen molar-refractivity contribution in [3.8, 4) is 11.5 Å². The summed E-state index contributed by atoms with van der Waals surface area (Å²) >= 11 is 0. The molecule has 0 aromatic heterocycles. The molecule has 0 saturated carbocycles. The molecule has 0 amide bonds. The van der Waals surface area contributed by atoms with Crippen LogP contribution in [0.4, 0.5) is 0 Å². The maximum atomic E-state index is 7.79. The van der Waals surface area contributed by atoms with Gasteiger partial charge in [-0.15, -0.1) is 0 Å². The Morgan fingerprint density at radius 1 is 0.500 bits per heavy atom. The first-order valence-corrected chi connectivity index (χ1v) is 15.7. The van der Waals surface area contributed by atoms with Gasteiger partial charge in [-0.2, -0.15) is 0 Å². The minimum Gasteiger partial charge on any atom is -0.496 e. The summed E-state index contributed by atoms with van der Waals surface area (Å²) in [5, 5.41) is 0. The van der Waals surface area contributed by atoms with E-state index in [0.29, 0.717) is 0 Å². The Morgan fingerprint density at radius 3 is 1.36 bits per heavy atom. The summed E-state index contributed by atoms with van der Waals surface area (Å²) in [7, 11) is 3.56. The van der Waals surface area contributed by atoms with E-state index in [4.69, 9.17) is 14.2 Å². The largest absolute Gasteiger partial charge is 0.496 e. The average Bonchev–Trinajstić information content (AvgIpc) is 3.58. The van der Waals surface area contributed by atoms with Gasteiger partial charge in [0.2, 0.25) is 0 Å². The normalized spacial score (nSPS) is 21.9. The van der Waals surface area contributed by atoms with Crippen LogP contribution in [0, 0.1) is 0 Å². The molecule has 0 saturated heterocycles. The van der Waals surface area contributed by atoms with E-state index < -0.39 is 11.2 Å². The van der Waals surface area contributed by atoms with Crippen LogP contribution >= 0.6 is 0 Å². The monoisotopic (exact) mass is 576 g/mol. The van der Waals surface area contributed by atoms with Gasteiger partial charge in [-0.25, -0.2) is 0 Å². The molecule has 2 aliphatic heterocycles. The second kappa shape index (κ2) is 10.5. The highest BCUT2D eigenvalue weighted by molar-refractivity contribution is 6.07. The molecule has 0 spiro atoms. The highest BCUT2D eigenvalue weighted by Crippen LogP contribution is 2.70. The predicted octanol–water partition coefficient (Wildman–Crippen LogP) is 9.11. The van der Waals surface area contributed by atoms with Crippen LogP contribution in [0.3, 0.4) is 0 Å². The van der Waals surface area contributed by atoms with Crippen LogP contribution < -0.4 is 9.47 Å². The van der Waals surface area contributed by atoms with Gasteiger partial charge >= 0.3 is 0 Å². The molecule has 2 heterocycles. The first kappa shape index (κ1) is 27.0. The van der Waals surface area contributed by atoms with Crippen molar-refractivity contribution >= 4 is 11.1 Å². The summed E-state index contributed by atoms with van der Waals surface area (Å²) in [6, 6.07) is 43.9. The van der Waals surface area contributed by atoms with Crippen LogP contribution in [0.1, 0.15) is 63.8 Å². The number of fused-ring (bicyclic) bond motifs is 13. The van der Waals surface area contributed by atoms with Crippen LogP contribution in [0.15, 0.2) is 121 Å². The highest BCUT2D eigenvalue weighted by atomic mass is 16.5. The third-order valence-corrected chi connectivity index (χ3v) is 9.84. The van der Waals surface area contributed by atoms with Crippen LogP contribution in [-0.2, 0) is 28.8 Å². The summed E-state index contributed by atoms with van der Waals surface area (Å²) in [6.07, 6.45) is 5.28. The quantitative estimate of drug-likeness (QED) is 0.214. The smallest absolute Gasteiger partial charge is 0.147 e. The number of methoxy groups -OCH3 is 2. The third-order valence-electron chi connectivity index (χ3n) is 9.84. The predicted molar refractivity (Wildman–Crippen MR) is 176 cm³/mol. The number of aryl methyl sites for hydroxylation is 2. The Labute approximate surface area is 259 Å². The molecule has 2 unspecified atom stereocenters. The van der Waals surface area contributed by atoms with Gasteiger partial charge in [-0.1, -0.05) is 103 Å². The number of rotatable bonds is 4. The Hall–Kier alpha value is -4.60. The molecule has 3 nitrogen and oxygen atoms in total.